The van der Waals surface area contributed by atoms with Crippen molar-refractivity contribution in [3.8, 4) is 0 Å². The molecule has 1 saturated heterocycles. The minimum absolute atomic E-state index is 0.0741. The van der Waals surface area contributed by atoms with Crippen molar-refractivity contribution in [2.45, 2.75) is 27.2 Å². The van der Waals surface area contributed by atoms with Gasteiger partial charge in [-0.15, -0.1) is 0 Å². The molecule has 1 heterocycles. The lowest BCUT2D eigenvalue weighted by Crippen LogP contribution is -2.32. The molecular formula is C11H17NO5. The highest BCUT2D eigenvalue weighted by molar-refractivity contribution is 5.92. The molecule has 0 aliphatic carbocycles. The SMILES string of the molecule is CCC(C)(C)C(=O)OCCN1CC(=O)OC1=O. The van der Waals surface area contributed by atoms with E-state index in [-0.39, 0.29) is 25.7 Å². The van der Waals surface area contributed by atoms with E-state index in [4.69, 9.17) is 4.74 Å². The van der Waals surface area contributed by atoms with Crippen LogP contribution in [0, 0.1) is 5.41 Å². The van der Waals surface area contributed by atoms with E-state index in [1.165, 1.54) is 4.90 Å². The Bertz CT molecular complexity index is 337. The molecule has 1 fully saturated rings. The van der Waals surface area contributed by atoms with Crippen LogP contribution in [-0.4, -0.2) is 42.6 Å². The number of nitrogens with zero attached hydrogens (tertiary/aromatic N) is 1. The summed E-state index contributed by atoms with van der Waals surface area (Å²) in [7, 11) is 0. The third-order valence-corrected chi connectivity index (χ3v) is 2.81. The number of hydrogen-bond acceptors (Lipinski definition) is 5. The fraction of sp³-hybridized carbons (Fsp3) is 0.727. The van der Waals surface area contributed by atoms with Gasteiger partial charge < -0.3 is 9.47 Å². The zero-order valence-electron chi connectivity index (χ0n) is 10.3. The Morgan fingerprint density at radius 2 is 2.12 bits per heavy atom. The number of amides is 1. The molecule has 1 rings (SSSR count). The van der Waals surface area contributed by atoms with E-state index in [2.05, 4.69) is 4.74 Å². The number of hydrogen-bond donors (Lipinski definition) is 0. The average Bonchev–Trinajstić information content (AvgIpc) is 2.57. The van der Waals surface area contributed by atoms with Gasteiger partial charge in [0.2, 0.25) is 0 Å². The fourth-order valence-corrected chi connectivity index (χ4v) is 1.17. The second kappa shape index (κ2) is 5.16. The molecule has 1 aliphatic rings. The first-order valence-electron chi connectivity index (χ1n) is 5.53. The number of rotatable bonds is 5. The summed E-state index contributed by atoms with van der Waals surface area (Å²) in [5, 5.41) is 0. The third kappa shape index (κ3) is 3.44. The van der Waals surface area contributed by atoms with Crippen LogP contribution in [0.15, 0.2) is 0 Å². The van der Waals surface area contributed by atoms with Crippen molar-refractivity contribution in [2.75, 3.05) is 19.7 Å². The van der Waals surface area contributed by atoms with Crippen molar-refractivity contribution in [3.05, 3.63) is 0 Å². The van der Waals surface area contributed by atoms with Crippen LogP contribution in [0.1, 0.15) is 27.2 Å². The highest BCUT2D eigenvalue weighted by Gasteiger charge is 2.31. The summed E-state index contributed by atoms with van der Waals surface area (Å²) < 4.78 is 9.37. The van der Waals surface area contributed by atoms with Gasteiger partial charge >= 0.3 is 18.0 Å². The molecule has 0 atom stereocenters. The summed E-state index contributed by atoms with van der Waals surface area (Å²) in [4.78, 5) is 34.6. The van der Waals surface area contributed by atoms with Crippen LogP contribution >= 0.6 is 0 Å². The summed E-state index contributed by atoms with van der Waals surface area (Å²) in [6, 6.07) is 0. The van der Waals surface area contributed by atoms with Gasteiger partial charge in [-0.25, -0.2) is 9.59 Å². The summed E-state index contributed by atoms with van der Waals surface area (Å²) in [5.74, 6) is -0.880. The number of carbonyl (C=O) groups is 3. The molecule has 0 aromatic carbocycles. The zero-order chi connectivity index (χ0) is 13.1. The molecule has 0 bridgehead atoms. The van der Waals surface area contributed by atoms with Gasteiger partial charge in [0, 0.05) is 0 Å². The Morgan fingerprint density at radius 3 is 2.59 bits per heavy atom. The fourth-order valence-electron chi connectivity index (χ4n) is 1.17. The van der Waals surface area contributed by atoms with Crippen LogP contribution in [-0.2, 0) is 19.1 Å². The minimum atomic E-state index is -0.680. The number of cyclic esters (lactones) is 2. The smallest absolute Gasteiger partial charge is 0.418 e. The van der Waals surface area contributed by atoms with Gasteiger partial charge in [-0.1, -0.05) is 6.92 Å². The normalized spacial score (nSPS) is 16.1. The second-order valence-electron chi connectivity index (χ2n) is 4.53. The summed E-state index contributed by atoms with van der Waals surface area (Å²) in [6.07, 6.45) is -0.00315. The van der Waals surface area contributed by atoms with Gasteiger partial charge in [0.15, 0.2) is 0 Å². The van der Waals surface area contributed by atoms with E-state index in [0.717, 1.165) is 0 Å². The van der Waals surface area contributed by atoms with Crippen molar-refractivity contribution in [1.82, 2.24) is 4.90 Å². The summed E-state index contributed by atoms with van der Waals surface area (Å²) in [6.45, 7) is 5.66. The number of ether oxygens (including phenoxy) is 2. The molecular weight excluding hydrogens is 226 g/mol. The van der Waals surface area contributed by atoms with Crippen LogP contribution in [0.2, 0.25) is 0 Å². The van der Waals surface area contributed by atoms with Crippen LogP contribution < -0.4 is 0 Å². The van der Waals surface area contributed by atoms with E-state index >= 15 is 0 Å². The molecule has 0 saturated carbocycles. The lowest BCUT2D eigenvalue weighted by Gasteiger charge is -2.21. The van der Waals surface area contributed by atoms with Crippen molar-refractivity contribution < 1.29 is 23.9 Å². The Balaban J connectivity index is 2.31. The standard InChI is InChI=1S/C11H17NO5/c1-4-11(2,3)9(14)16-6-5-12-7-8(13)17-10(12)15/h4-7H2,1-3H3. The maximum Gasteiger partial charge on any atom is 0.418 e. The summed E-state index contributed by atoms with van der Waals surface area (Å²) >= 11 is 0. The minimum Gasteiger partial charge on any atom is -0.463 e. The Kier molecular flexibility index (Phi) is 4.09. The molecule has 0 aromatic heterocycles. The van der Waals surface area contributed by atoms with Crippen LogP contribution in [0.4, 0.5) is 4.79 Å². The van der Waals surface area contributed by atoms with Gasteiger partial charge in [-0.2, -0.15) is 0 Å². The van der Waals surface area contributed by atoms with Crippen LogP contribution in [0.25, 0.3) is 0 Å². The zero-order valence-corrected chi connectivity index (χ0v) is 10.3. The van der Waals surface area contributed by atoms with Gasteiger partial charge in [-0.3, -0.25) is 9.69 Å². The van der Waals surface area contributed by atoms with Gasteiger partial charge in [0.25, 0.3) is 0 Å². The van der Waals surface area contributed by atoms with E-state index in [1.807, 2.05) is 6.92 Å². The topological polar surface area (TPSA) is 72.9 Å². The van der Waals surface area contributed by atoms with Gasteiger partial charge in [0.05, 0.1) is 12.0 Å². The lowest BCUT2D eigenvalue weighted by atomic mass is 9.91. The van der Waals surface area contributed by atoms with E-state index < -0.39 is 17.5 Å². The first-order chi connectivity index (χ1) is 7.86. The Labute approximate surface area is 99.9 Å². The largest absolute Gasteiger partial charge is 0.463 e. The van der Waals surface area contributed by atoms with Gasteiger partial charge in [-0.05, 0) is 20.3 Å². The third-order valence-electron chi connectivity index (χ3n) is 2.81. The van der Waals surface area contributed by atoms with Crippen molar-refractivity contribution >= 4 is 18.0 Å². The number of esters is 2. The molecule has 0 unspecified atom stereocenters. The molecule has 6 heteroatoms. The van der Waals surface area contributed by atoms with Crippen LogP contribution in [0.3, 0.4) is 0 Å². The average molecular weight is 243 g/mol. The highest BCUT2D eigenvalue weighted by Crippen LogP contribution is 2.21. The molecule has 0 spiro atoms. The maximum absolute atomic E-state index is 11.6. The second-order valence-corrected chi connectivity index (χ2v) is 4.53. The van der Waals surface area contributed by atoms with Crippen LogP contribution in [0.5, 0.6) is 0 Å². The molecule has 0 radical (unpaired) electrons. The van der Waals surface area contributed by atoms with Crippen molar-refractivity contribution in [2.24, 2.45) is 5.41 Å². The van der Waals surface area contributed by atoms with Gasteiger partial charge in [0.1, 0.15) is 13.2 Å². The lowest BCUT2D eigenvalue weighted by molar-refractivity contribution is -0.154. The molecule has 6 nitrogen and oxygen atoms in total. The molecule has 0 N–H and O–H groups in total. The first kappa shape index (κ1) is 13.5. The monoisotopic (exact) mass is 243 g/mol. The maximum atomic E-state index is 11.6. The van der Waals surface area contributed by atoms with Crippen molar-refractivity contribution in [3.63, 3.8) is 0 Å². The Morgan fingerprint density at radius 1 is 1.47 bits per heavy atom. The van der Waals surface area contributed by atoms with E-state index in [1.54, 1.807) is 13.8 Å². The molecule has 1 amide bonds. The predicted octanol–water partition coefficient (Wildman–Crippen LogP) is 0.945. The Hall–Kier alpha value is -1.59. The first-order valence-corrected chi connectivity index (χ1v) is 5.53. The predicted molar refractivity (Wildman–Crippen MR) is 58.1 cm³/mol. The molecule has 17 heavy (non-hydrogen) atoms. The number of carbonyl (C=O) groups excluding carboxylic acids is 3. The van der Waals surface area contributed by atoms with E-state index in [9.17, 15) is 14.4 Å². The summed E-state index contributed by atoms with van der Waals surface area (Å²) in [5.41, 5.74) is -0.526. The molecule has 0 aromatic rings. The molecule has 96 valence electrons. The quantitative estimate of drug-likeness (QED) is 0.531. The molecule has 1 aliphatic heterocycles. The van der Waals surface area contributed by atoms with Crippen molar-refractivity contribution in [1.29, 1.82) is 0 Å². The highest BCUT2D eigenvalue weighted by atomic mass is 16.6. The van der Waals surface area contributed by atoms with E-state index in [0.29, 0.717) is 6.42 Å².